The Morgan fingerprint density at radius 2 is 2.17 bits per heavy atom. The number of aliphatic hydroxyl groups excluding tert-OH is 1. The zero-order valence-corrected chi connectivity index (χ0v) is 14.0. The molecule has 2 aliphatic carbocycles. The maximum atomic E-state index is 11.2. The van der Waals surface area contributed by atoms with Crippen LogP contribution in [0, 0.1) is 10.1 Å². The van der Waals surface area contributed by atoms with E-state index in [-0.39, 0.29) is 22.9 Å². The lowest BCUT2D eigenvalue weighted by Gasteiger charge is -2.37. The number of amides is 1. The fourth-order valence-electron chi connectivity index (χ4n) is 4.14. The first-order valence-electron chi connectivity index (χ1n) is 8.69. The molecule has 0 bridgehead atoms. The average Bonchev–Trinajstić information content (AvgIpc) is 2.53. The Labute approximate surface area is 141 Å². The molecule has 3 aliphatic rings. The first kappa shape index (κ1) is 17.0. The van der Waals surface area contributed by atoms with Gasteiger partial charge in [0, 0.05) is 42.5 Å². The van der Waals surface area contributed by atoms with Crippen molar-refractivity contribution < 1.29 is 14.8 Å². The molecular formula is C17H25N3O4. The second-order valence-corrected chi connectivity index (χ2v) is 7.10. The van der Waals surface area contributed by atoms with Crippen molar-refractivity contribution in [2.75, 3.05) is 0 Å². The van der Waals surface area contributed by atoms with Crippen LogP contribution in [0.25, 0.3) is 0 Å². The SMILES string of the molecule is CC(=O)NC1CCC2=C(CCC(C3=CC[C@H]([N+](=O)[O-])[C@H](O)C3)N2)C1. The van der Waals surface area contributed by atoms with Crippen LogP contribution in [0.4, 0.5) is 0 Å². The summed E-state index contributed by atoms with van der Waals surface area (Å²) in [6.45, 7) is 1.55. The highest BCUT2D eigenvalue weighted by molar-refractivity contribution is 5.73. The minimum absolute atomic E-state index is 0.0207. The Morgan fingerprint density at radius 3 is 2.83 bits per heavy atom. The van der Waals surface area contributed by atoms with Gasteiger partial charge in [0.25, 0.3) is 0 Å². The quantitative estimate of drug-likeness (QED) is 0.411. The zero-order chi connectivity index (χ0) is 17.3. The summed E-state index contributed by atoms with van der Waals surface area (Å²) < 4.78 is 0. The van der Waals surface area contributed by atoms with E-state index in [9.17, 15) is 20.0 Å². The highest BCUT2D eigenvalue weighted by atomic mass is 16.6. The predicted molar refractivity (Wildman–Crippen MR) is 88.7 cm³/mol. The van der Waals surface area contributed by atoms with E-state index in [0.29, 0.717) is 12.8 Å². The standard InChI is InChI=1S/C17H25N3O4/c1-10(21)18-13-4-6-15-11(8-13)2-5-14(19-15)12-3-7-16(20(23)24)17(22)9-12/h3,13-14,16-17,19,22H,2,4-9H2,1H3,(H,18,21)/t13?,14?,16-,17+/m0/s1. The molecule has 0 aromatic carbocycles. The molecule has 7 nitrogen and oxygen atoms in total. The van der Waals surface area contributed by atoms with Crippen LogP contribution < -0.4 is 10.6 Å². The fraction of sp³-hybridized carbons (Fsp3) is 0.706. The molecule has 2 unspecified atom stereocenters. The molecule has 24 heavy (non-hydrogen) atoms. The molecule has 0 radical (unpaired) electrons. The van der Waals surface area contributed by atoms with E-state index in [2.05, 4.69) is 10.6 Å². The van der Waals surface area contributed by atoms with Crippen molar-refractivity contribution in [2.24, 2.45) is 0 Å². The van der Waals surface area contributed by atoms with Crippen molar-refractivity contribution in [3.05, 3.63) is 33.0 Å². The van der Waals surface area contributed by atoms with Gasteiger partial charge in [0.15, 0.2) is 0 Å². The fourth-order valence-corrected chi connectivity index (χ4v) is 4.14. The van der Waals surface area contributed by atoms with Crippen LogP contribution in [0.2, 0.25) is 0 Å². The van der Waals surface area contributed by atoms with Crippen LogP contribution in [-0.2, 0) is 4.79 Å². The topological polar surface area (TPSA) is 104 Å². The van der Waals surface area contributed by atoms with Crippen molar-refractivity contribution in [1.82, 2.24) is 10.6 Å². The van der Waals surface area contributed by atoms with Gasteiger partial charge in [-0.3, -0.25) is 14.9 Å². The van der Waals surface area contributed by atoms with E-state index < -0.39 is 12.1 Å². The minimum Gasteiger partial charge on any atom is -0.386 e. The molecule has 3 rings (SSSR count). The smallest absolute Gasteiger partial charge is 0.242 e. The number of nitrogens with one attached hydrogen (secondary N) is 2. The van der Waals surface area contributed by atoms with Crippen molar-refractivity contribution in [3.8, 4) is 0 Å². The van der Waals surface area contributed by atoms with E-state index in [1.165, 1.54) is 11.3 Å². The molecule has 0 spiro atoms. The van der Waals surface area contributed by atoms with Crippen LogP contribution in [0.15, 0.2) is 22.9 Å². The lowest BCUT2D eigenvalue weighted by Crippen LogP contribution is -2.44. The summed E-state index contributed by atoms with van der Waals surface area (Å²) in [5.41, 5.74) is 3.74. The van der Waals surface area contributed by atoms with Gasteiger partial charge in [-0.1, -0.05) is 6.08 Å². The molecule has 4 atom stereocenters. The molecule has 7 heteroatoms. The number of carbonyl (C=O) groups excluding carboxylic acids is 1. The number of carbonyl (C=O) groups is 1. The number of hydrogen-bond acceptors (Lipinski definition) is 5. The summed E-state index contributed by atoms with van der Waals surface area (Å²) in [5, 5.41) is 27.5. The second kappa shape index (κ2) is 6.93. The average molecular weight is 335 g/mol. The molecule has 0 aromatic rings. The summed E-state index contributed by atoms with van der Waals surface area (Å²) in [6.07, 6.45) is 6.40. The molecule has 132 valence electrons. The van der Waals surface area contributed by atoms with Crippen molar-refractivity contribution in [1.29, 1.82) is 0 Å². The largest absolute Gasteiger partial charge is 0.386 e. The molecule has 3 N–H and O–H groups in total. The molecule has 1 amide bonds. The first-order chi connectivity index (χ1) is 11.4. The number of hydrogen-bond donors (Lipinski definition) is 3. The number of nitrogens with zero attached hydrogens (tertiary/aromatic N) is 1. The van der Waals surface area contributed by atoms with Gasteiger partial charge < -0.3 is 15.7 Å². The van der Waals surface area contributed by atoms with Gasteiger partial charge in [0.2, 0.25) is 11.9 Å². The van der Waals surface area contributed by atoms with Gasteiger partial charge in [0.1, 0.15) is 6.10 Å². The third-order valence-corrected chi connectivity index (χ3v) is 5.38. The van der Waals surface area contributed by atoms with Crippen LogP contribution in [0.5, 0.6) is 0 Å². The highest BCUT2D eigenvalue weighted by Gasteiger charge is 2.36. The van der Waals surface area contributed by atoms with Crippen LogP contribution in [0.3, 0.4) is 0 Å². The van der Waals surface area contributed by atoms with E-state index in [1.54, 1.807) is 6.92 Å². The van der Waals surface area contributed by atoms with Crippen molar-refractivity contribution in [2.45, 2.75) is 76.1 Å². The van der Waals surface area contributed by atoms with E-state index in [0.717, 1.165) is 37.7 Å². The lowest BCUT2D eigenvalue weighted by molar-refractivity contribution is -0.534. The molecule has 0 fully saturated rings. The van der Waals surface area contributed by atoms with E-state index in [1.807, 2.05) is 6.08 Å². The Balaban J connectivity index is 1.63. The zero-order valence-electron chi connectivity index (χ0n) is 14.0. The van der Waals surface area contributed by atoms with Gasteiger partial charge in [-0.2, -0.15) is 0 Å². The second-order valence-electron chi connectivity index (χ2n) is 7.10. The molecule has 0 saturated carbocycles. The van der Waals surface area contributed by atoms with Crippen LogP contribution in [-0.4, -0.2) is 40.2 Å². The summed E-state index contributed by atoms with van der Waals surface area (Å²) in [5.74, 6) is 0.0207. The third-order valence-electron chi connectivity index (χ3n) is 5.38. The lowest BCUT2D eigenvalue weighted by atomic mass is 9.81. The minimum atomic E-state index is -0.896. The Morgan fingerprint density at radius 1 is 1.38 bits per heavy atom. The number of rotatable bonds is 3. The summed E-state index contributed by atoms with van der Waals surface area (Å²) >= 11 is 0. The molecular weight excluding hydrogens is 310 g/mol. The van der Waals surface area contributed by atoms with Crippen LogP contribution in [0.1, 0.15) is 51.9 Å². The number of aliphatic hydroxyl groups is 1. The third kappa shape index (κ3) is 3.61. The monoisotopic (exact) mass is 335 g/mol. The Kier molecular flexibility index (Phi) is 4.89. The normalized spacial score (nSPS) is 33.2. The molecule has 0 saturated heterocycles. The van der Waals surface area contributed by atoms with Gasteiger partial charge in [0.05, 0.1) is 0 Å². The predicted octanol–water partition coefficient (Wildman–Crippen LogP) is 1.41. The summed E-state index contributed by atoms with van der Waals surface area (Å²) in [4.78, 5) is 21.7. The van der Waals surface area contributed by atoms with Crippen molar-refractivity contribution in [3.63, 3.8) is 0 Å². The maximum absolute atomic E-state index is 11.2. The first-order valence-corrected chi connectivity index (χ1v) is 8.69. The number of allylic oxidation sites excluding steroid dienone is 1. The molecule has 1 heterocycles. The maximum Gasteiger partial charge on any atom is 0.242 e. The van der Waals surface area contributed by atoms with Gasteiger partial charge in [-0.05, 0) is 43.3 Å². The molecule has 1 aliphatic heterocycles. The highest BCUT2D eigenvalue weighted by Crippen LogP contribution is 2.34. The van der Waals surface area contributed by atoms with Gasteiger partial charge >= 0.3 is 0 Å². The van der Waals surface area contributed by atoms with E-state index >= 15 is 0 Å². The van der Waals surface area contributed by atoms with Crippen molar-refractivity contribution >= 4 is 5.91 Å². The summed E-state index contributed by atoms with van der Waals surface area (Å²) in [6, 6.07) is -0.472. The van der Waals surface area contributed by atoms with E-state index in [4.69, 9.17) is 0 Å². The Bertz CT molecular complexity index is 599. The van der Waals surface area contributed by atoms with Gasteiger partial charge in [-0.15, -0.1) is 0 Å². The van der Waals surface area contributed by atoms with Crippen LogP contribution >= 0.6 is 0 Å². The Hall–Kier alpha value is -1.89. The van der Waals surface area contributed by atoms with Gasteiger partial charge in [-0.25, -0.2) is 0 Å². The molecule has 0 aromatic heterocycles. The number of nitro groups is 1. The summed E-state index contributed by atoms with van der Waals surface area (Å²) in [7, 11) is 0.